The van der Waals surface area contributed by atoms with Crippen molar-refractivity contribution in [1.29, 1.82) is 0 Å². The van der Waals surface area contributed by atoms with Crippen molar-refractivity contribution >= 4 is 17.2 Å². The standard InChI is InChI=1S/C13H20N2OS/c1-10-7-14-5-3-12(10)13(16)15(2)8-11-4-6-17-9-11/h4,6,9-10,12,14H,3,5,7-8H2,1-2H3. The predicted molar refractivity (Wildman–Crippen MR) is 70.9 cm³/mol. The number of amides is 1. The monoisotopic (exact) mass is 252 g/mol. The molecule has 0 spiro atoms. The van der Waals surface area contributed by atoms with Crippen LogP contribution in [-0.2, 0) is 11.3 Å². The van der Waals surface area contributed by atoms with Gasteiger partial charge in [-0.3, -0.25) is 4.79 Å². The van der Waals surface area contributed by atoms with Crippen LogP contribution in [0.1, 0.15) is 18.9 Å². The lowest BCUT2D eigenvalue weighted by Crippen LogP contribution is -2.43. The van der Waals surface area contributed by atoms with E-state index in [1.54, 1.807) is 11.3 Å². The Labute approximate surface area is 107 Å². The molecular formula is C13H20N2OS. The molecule has 2 rings (SSSR count). The van der Waals surface area contributed by atoms with Gasteiger partial charge in [-0.1, -0.05) is 6.92 Å². The van der Waals surface area contributed by atoms with Gasteiger partial charge < -0.3 is 10.2 Å². The van der Waals surface area contributed by atoms with E-state index in [2.05, 4.69) is 29.1 Å². The Morgan fingerprint density at radius 2 is 2.47 bits per heavy atom. The van der Waals surface area contributed by atoms with Gasteiger partial charge in [-0.2, -0.15) is 11.3 Å². The van der Waals surface area contributed by atoms with Crippen molar-refractivity contribution in [3.63, 3.8) is 0 Å². The van der Waals surface area contributed by atoms with Crippen LogP contribution in [0.15, 0.2) is 16.8 Å². The minimum atomic E-state index is 0.194. The summed E-state index contributed by atoms with van der Waals surface area (Å²) in [5, 5.41) is 7.50. The maximum absolute atomic E-state index is 12.3. The van der Waals surface area contributed by atoms with Gasteiger partial charge in [-0.05, 0) is 47.8 Å². The van der Waals surface area contributed by atoms with Crippen LogP contribution >= 0.6 is 11.3 Å². The molecule has 17 heavy (non-hydrogen) atoms. The average molecular weight is 252 g/mol. The van der Waals surface area contributed by atoms with Crippen LogP contribution in [0.2, 0.25) is 0 Å². The fourth-order valence-electron chi connectivity index (χ4n) is 2.40. The normalized spacial score (nSPS) is 24.6. The quantitative estimate of drug-likeness (QED) is 0.892. The van der Waals surface area contributed by atoms with Gasteiger partial charge in [-0.25, -0.2) is 0 Å². The Morgan fingerprint density at radius 3 is 3.12 bits per heavy atom. The van der Waals surface area contributed by atoms with E-state index in [9.17, 15) is 4.79 Å². The average Bonchev–Trinajstić information content (AvgIpc) is 2.81. The van der Waals surface area contributed by atoms with Crippen LogP contribution in [0.25, 0.3) is 0 Å². The highest BCUT2D eigenvalue weighted by molar-refractivity contribution is 7.07. The van der Waals surface area contributed by atoms with Gasteiger partial charge in [0.1, 0.15) is 0 Å². The van der Waals surface area contributed by atoms with E-state index in [1.807, 2.05) is 11.9 Å². The van der Waals surface area contributed by atoms with Crippen molar-refractivity contribution in [1.82, 2.24) is 10.2 Å². The van der Waals surface area contributed by atoms with Gasteiger partial charge >= 0.3 is 0 Å². The fraction of sp³-hybridized carbons (Fsp3) is 0.615. The largest absolute Gasteiger partial charge is 0.341 e. The third-order valence-electron chi connectivity index (χ3n) is 3.48. The second-order valence-corrected chi connectivity index (χ2v) is 5.68. The Kier molecular flexibility index (Phi) is 4.18. The third-order valence-corrected chi connectivity index (χ3v) is 4.21. The van der Waals surface area contributed by atoms with Gasteiger partial charge in [0.2, 0.25) is 5.91 Å². The van der Waals surface area contributed by atoms with E-state index in [0.717, 1.165) is 26.1 Å². The van der Waals surface area contributed by atoms with Crippen LogP contribution < -0.4 is 5.32 Å². The van der Waals surface area contributed by atoms with Crippen molar-refractivity contribution < 1.29 is 4.79 Å². The molecule has 1 N–H and O–H groups in total. The second-order valence-electron chi connectivity index (χ2n) is 4.90. The number of carbonyl (C=O) groups is 1. The minimum Gasteiger partial charge on any atom is -0.341 e. The predicted octanol–water partition coefficient (Wildman–Crippen LogP) is 1.95. The first-order valence-corrected chi connectivity index (χ1v) is 7.09. The molecule has 0 saturated carbocycles. The highest BCUT2D eigenvalue weighted by Gasteiger charge is 2.29. The summed E-state index contributed by atoms with van der Waals surface area (Å²) in [7, 11) is 1.91. The second kappa shape index (κ2) is 5.65. The summed E-state index contributed by atoms with van der Waals surface area (Å²) in [5.41, 5.74) is 1.23. The number of hydrogen-bond acceptors (Lipinski definition) is 3. The van der Waals surface area contributed by atoms with E-state index < -0.39 is 0 Å². The lowest BCUT2D eigenvalue weighted by Gasteiger charge is -2.31. The summed E-state index contributed by atoms with van der Waals surface area (Å²) in [6.45, 7) is 4.82. The summed E-state index contributed by atoms with van der Waals surface area (Å²) in [6, 6.07) is 2.08. The molecule has 1 amide bonds. The zero-order valence-electron chi connectivity index (χ0n) is 10.5. The van der Waals surface area contributed by atoms with Crippen molar-refractivity contribution in [3.8, 4) is 0 Å². The SMILES string of the molecule is CC1CNCCC1C(=O)N(C)Cc1ccsc1. The summed E-state index contributed by atoms with van der Waals surface area (Å²) in [4.78, 5) is 14.2. The molecular weight excluding hydrogens is 232 g/mol. The molecule has 1 fully saturated rings. The van der Waals surface area contributed by atoms with Crippen molar-refractivity contribution in [3.05, 3.63) is 22.4 Å². The number of nitrogens with zero attached hydrogens (tertiary/aromatic N) is 1. The number of nitrogens with one attached hydrogen (secondary N) is 1. The van der Waals surface area contributed by atoms with E-state index in [1.165, 1.54) is 5.56 Å². The van der Waals surface area contributed by atoms with Gasteiger partial charge in [0, 0.05) is 19.5 Å². The van der Waals surface area contributed by atoms with E-state index in [4.69, 9.17) is 0 Å². The summed E-state index contributed by atoms with van der Waals surface area (Å²) < 4.78 is 0. The Balaban J connectivity index is 1.94. The van der Waals surface area contributed by atoms with Crippen LogP contribution in [0.5, 0.6) is 0 Å². The first-order chi connectivity index (χ1) is 8.18. The molecule has 0 aliphatic carbocycles. The number of piperidine rings is 1. The van der Waals surface area contributed by atoms with Crippen LogP contribution in [0.3, 0.4) is 0 Å². The van der Waals surface area contributed by atoms with Gasteiger partial charge in [0.05, 0.1) is 0 Å². The highest BCUT2D eigenvalue weighted by Crippen LogP contribution is 2.21. The molecule has 3 nitrogen and oxygen atoms in total. The van der Waals surface area contributed by atoms with Gasteiger partial charge in [0.15, 0.2) is 0 Å². The molecule has 1 aliphatic heterocycles. The van der Waals surface area contributed by atoms with E-state index in [0.29, 0.717) is 11.8 Å². The molecule has 4 heteroatoms. The van der Waals surface area contributed by atoms with Crippen molar-refractivity contribution in [2.24, 2.45) is 11.8 Å². The molecule has 1 aliphatic rings. The molecule has 0 radical (unpaired) electrons. The Hall–Kier alpha value is -0.870. The lowest BCUT2D eigenvalue weighted by molar-refractivity contribution is -0.137. The van der Waals surface area contributed by atoms with Crippen LogP contribution in [0.4, 0.5) is 0 Å². The smallest absolute Gasteiger partial charge is 0.226 e. The van der Waals surface area contributed by atoms with Crippen molar-refractivity contribution in [2.45, 2.75) is 19.9 Å². The maximum atomic E-state index is 12.3. The third kappa shape index (κ3) is 3.07. The van der Waals surface area contributed by atoms with Crippen molar-refractivity contribution in [2.75, 3.05) is 20.1 Å². The first-order valence-electron chi connectivity index (χ1n) is 6.15. The van der Waals surface area contributed by atoms with Crippen LogP contribution in [0, 0.1) is 11.8 Å². The van der Waals surface area contributed by atoms with E-state index >= 15 is 0 Å². The van der Waals surface area contributed by atoms with Crippen LogP contribution in [-0.4, -0.2) is 30.9 Å². The minimum absolute atomic E-state index is 0.194. The molecule has 2 unspecified atom stereocenters. The molecule has 1 aromatic heterocycles. The molecule has 94 valence electrons. The first kappa shape index (κ1) is 12.6. The zero-order chi connectivity index (χ0) is 12.3. The highest BCUT2D eigenvalue weighted by atomic mass is 32.1. The van der Waals surface area contributed by atoms with Gasteiger partial charge in [-0.15, -0.1) is 0 Å². The molecule has 2 atom stereocenters. The number of carbonyl (C=O) groups excluding carboxylic acids is 1. The van der Waals surface area contributed by atoms with Gasteiger partial charge in [0.25, 0.3) is 0 Å². The molecule has 0 bridgehead atoms. The zero-order valence-corrected chi connectivity index (χ0v) is 11.3. The topological polar surface area (TPSA) is 32.3 Å². The number of hydrogen-bond donors (Lipinski definition) is 1. The Morgan fingerprint density at radius 1 is 1.65 bits per heavy atom. The summed E-state index contributed by atoms with van der Waals surface area (Å²) in [6.07, 6.45) is 0.966. The maximum Gasteiger partial charge on any atom is 0.226 e. The fourth-order valence-corrected chi connectivity index (χ4v) is 3.06. The van der Waals surface area contributed by atoms with E-state index in [-0.39, 0.29) is 5.92 Å². The summed E-state index contributed by atoms with van der Waals surface area (Å²) >= 11 is 1.68. The molecule has 0 aromatic carbocycles. The number of rotatable bonds is 3. The Bertz CT molecular complexity index is 364. The number of thiophene rings is 1. The molecule has 1 aromatic rings. The lowest BCUT2D eigenvalue weighted by atomic mass is 9.87. The summed E-state index contributed by atoms with van der Waals surface area (Å²) in [5.74, 6) is 0.936. The molecule has 2 heterocycles. The molecule has 1 saturated heterocycles.